The summed E-state index contributed by atoms with van der Waals surface area (Å²) in [6.45, 7) is 13.0. The first-order chi connectivity index (χ1) is 14.0. The lowest BCUT2D eigenvalue weighted by molar-refractivity contribution is -0.106. The number of likely N-dealkylation sites (tertiary alicyclic amines) is 1. The SMILES string of the molecule is CCN=C(NC1CCN(C(C)c2ccccc2)CC1)NC1C2CCOC2C1(C)C.I. The molecule has 0 aromatic heterocycles. The molecule has 2 saturated heterocycles. The van der Waals surface area contributed by atoms with Gasteiger partial charge in [-0.1, -0.05) is 44.2 Å². The van der Waals surface area contributed by atoms with E-state index in [1.807, 2.05) is 0 Å². The highest BCUT2D eigenvalue weighted by molar-refractivity contribution is 14.0. The van der Waals surface area contributed by atoms with Crippen molar-refractivity contribution >= 4 is 29.9 Å². The van der Waals surface area contributed by atoms with Crippen molar-refractivity contribution in [2.24, 2.45) is 16.3 Å². The van der Waals surface area contributed by atoms with E-state index in [4.69, 9.17) is 9.73 Å². The van der Waals surface area contributed by atoms with Crippen molar-refractivity contribution in [3.05, 3.63) is 35.9 Å². The first kappa shape index (κ1) is 23.8. The number of ether oxygens (including phenoxy) is 1. The number of nitrogens with one attached hydrogen (secondary N) is 2. The predicted molar refractivity (Wildman–Crippen MR) is 135 cm³/mol. The lowest BCUT2D eigenvalue weighted by atomic mass is 9.57. The topological polar surface area (TPSA) is 48.9 Å². The maximum atomic E-state index is 5.95. The van der Waals surface area contributed by atoms with Crippen molar-refractivity contribution in [3.63, 3.8) is 0 Å². The molecule has 168 valence electrons. The average Bonchev–Trinajstić information content (AvgIpc) is 3.20. The van der Waals surface area contributed by atoms with Gasteiger partial charge < -0.3 is 15.4 Å². The summed E-state index contributed by atoms with van der Waals surface area (Å²) in [5, 5.41) is 7.51. The van der Waals surface area contributed by atoms with E-state index in [0.717, 1.165) is 45.0 Å². The van der Waals surface area contributed by atoms with Crippen molar-refractivity contribution in [3.8, 4) is 0 Å². The maximum Gasteiger partial charge on any atom is 0.191 e. The molecular formula is C24H39IN4O. The van der Waals surface area contributed by atoms with E-state index in [2.05, 4.69) is 73.6 Å². The van der Waals surface area contributed by atoms with Crippen LogP contribution in [0.3, 0.4) is 0 Å². The van der Waals surface area contributed by atoms with Gasteiger partial charge in [0.2, 0.25) is 0 Å². The van der Waals surface area contributed by atoms with Crippen LogP contribution in [0.1, 0.15) is 58.6 Å². The first-order valence-corrected chi connectivity index (χ1v) is 11.5. The minimum atomic E-state index is 0. The van der Waals surface area contributed by atoms with E-state index in [9.17, 15) is 0 Å². The van der Waals surface area contributed by atoms with Crippen LogP contribution in [-0.2, 0) is 4.74 Å². The molecule has 1 aromatic carbocycles. The van der Waals surface area contributed by atoms with E-state index in [1.54, 1.807) is 0 Å². The van der Waals surface area contributed by atoms with E-state index in [1.165, 1.54) is 12.0 Å². The number of halogens is 1. The molecule has 3 aliphatic rings. The molecule has 0 spiro atoms. The number of hydrogen-bond acceptors (Lipinski definition) is 3. The van der Waals surface area contributed by atoms with Crippen molar-refractivity contribution in [2.75, 3.05) is 26.2 Å². The molecule has 3 fully saturated rings. The number of hydrogen-bond donors (Lipinski definition) is 2. The van der Waals surface area contributed by atoms with Crippen LogP contribution in [0.4, 0.5) is 0 Å². The Morgan fingerprint density at radius 1 is 1.17 bits per heavy atom. The van der Waals surface area contributed by atoms with Gasteiger partial charge in [0.15, 0.2) is 5.96 Å². The fourth-order valence-corrected chi connectivity index (χ4v) is 5.62. The van der Waals surface area contributed by atoms with Gasteiger partial charge in [0.1, 0.15) is 0 Å². The summed E-state index contributed by atoms with van der Waals surface area (Å²) in [5.74, 6) is 1.62. The summed E-state index contributed by atoms with van der Waals surface area (Å²) in [6, 6.07) is 12.3. The fraction of sp³-hybridized carbons (Fsp3) is 0.708. The van der Waals surface area contributed by atoms with Gasteiger partial charge in [-0.15, -0.1) is 24.0 Å². The second-order valence-corrected chi connectivity index (χ2v) is 9.55. The van der Waals surface area contributed by atoms with Gasteiger partial charge >= 0.3 is 0 Å². The Hall–Kier alpha value is -0.860. The van der Waals surface area contributed by atoms with E-state index >= 15 is 0 Å². The third-order valence-corrected chi connectivity index (χ3v) is 7.41. The Morgan fingerprint density at radius 2 is 1.87 bits per heavy atom. The summed E-state index contributed by atoms with van der Waals surface area (Å²) < 4.78 is 5.95. The summed E-state index contributed by atoms with van der Waals surface area (Å²) in [4.78, 5) is 7.37. The maximum absolute atomic E-state index is 5.95. The lowest BCUT2D eigenvalue weighted by Crippen LogP contribution is -2.68. The predicted octanol–water partition coefficient (Wildman–Crippen LogP) is 4.20. The third kappa shape index (κ3) is 4.80. The summed E-state index contributed by atoms with van der Waals surface area (Å²) in [6.07, 6.45) is 3.89. The zero-order chi connectivity index (χ0) is 20.4. The van der Waals surface area contributed by atoms with E-state index in [0.29, 0.717) is 30.1 Å². The van der Waals surface area contributed by atoms with Crippen molar-refractivity contribution in [1.82, 2.24) is 15.5 Å². The van der Waals surface area contributed by atoms with Crippen LogP contribution < -0.4 is 10.6 Å². The highest BCUT2D eigenvalue weighted by atomic mass is 127. The highest BCUT2D eigenvalue weighted by Gasteiger charge is 2.59. The number of fused-ring (bicyclic) bond motifs is 1. The molecule has 4 atom stereocenters. The lowest BCUT2D eigenvalue weighted by Gasteiger charge is -2.55. The minimum Gasteiger partial charge on any atom is -0.377 e. The van der Waals surface area contributed by atoms with Gasteiger partial charge in [-0.3, -0.25) is 9.89 Å². The monoisotopic (exact) mass is 526 g/mol. The fourth-order valence-electron chi connectivity index (χ4n) is 5.62. The van der Waals surface area contributed by atoms with Crippen molar-refractivity contribution in [2.45, 2.75) is 71.2 Å². The Balaban J connectivity index is 0.00000256. The second-order valence-electron chi connectivity index (χ2n) is 9.55. The average molecular weight is 527 g/mol. The smallest absolute Gasteiger partial charge is 0.191 e. The number of benzene rings is 1. The van der Waals surface area contributed by atoms with Crippen LogP contribution in [0.2, 0.25) is 0 Å². The molecule has 6 heteroatoms. The van der Waals surface area contributed by atoms with Crippen LogP contribution in [-0.4, -0.2) is 55.3 Å². The molecule has 5 nitrogen and oxygen atoms in total. The number of rotatable bonds is 5. The Bertz CT molecular complexity index is 702. The molecule has 0 radical (unpaired) electrons. The van der Waals surface area contributed by atoms with Crippen LogP contribution in [0.25, 0.3) is 0 Å². The molecular weight excluding hydrogens is 487 g/mol. The van der Waals surface area contributed by atoms with Gasteiger partial charge in [-0.25, -0.2) is 0 Å². The van der Waals surface area contributed by atoms with Crippen LogP contribution in [0, 0.1) is 11.3 Å². The Kier molecular flexibility index (Phi) is 8.07. The van der Waals surface area contributed by atoms with E-state index < -0.39 is 0 Å². The quantitative estimate of drug-likeness (QED) is 0.343. The van der Waals surface area contributed by atoms with Crippen LogP contribution in [0.15, 0.2) is 35.3 Å². The van der Waals surface area contributed by atoms with Gasteiger partial charge in [0, 0.05) is 55.7 Å². The molecule has 4 unspecified atom stereocenters. The normalized spacial score (nSPS) is 30.0. The number of piperidine rings is 1. The van der Waals surface area contributed by atoms with Gasteiger partial charge in [-0.05, 0) is 38.7 Å². The second kappa shape index (κ2) is 10.2. The summed E-state index contributed by atoms with van der Waals surface area (Å²) in [5.41, 5.74) is 1.58. The standard InChI is InChI=1S/C24H38N4O.HI/c1-5-25-23(27-21-20-13-16-29-22(20)24(21,3)4)26-19-11-14-28(15-12-19)17(2)18-9-7-6-8-10-18;/h6-10,17,19-22H,5,11-16H2,1-4H3,(H2,25,26,27);1H. The molecule has 4 rings (SSSR count). The number of aliphatic imine (C=N–C) groups is 1. The molecule has 1 aromatic rings. The highest BCUT2D eigenvalue weighted by Crippen LogP contribution is 2.52. The molecule has 2 heterocycles. The third-order valence-electron chi connectivity index (χ3n) is 7.41. The van der Waals surface area contributed by atoms with Gasteiger partial charge in [-0.2, -0.15) is 0 Å². The van der Waals surface area contributed by atoms with Gasteiger partial charge in [0.05, 0.1) is 6.10 Å². The van der Waals surface area contributed by atoms with E-state index in [-0.39, 0.29) is 29.4 Å². The molecule has 1 aliphatic carbocycles. The molecule has 0 amide bonds. The number of nitrogens with zero attached hydrogens (tertiary/aromatic N) is 2. The zero-order valence-electron chi connectivity index (χ0n) is 18.9. The Morgan fingerprint density at radius 3 is 2.53 bits per heavy atom. The molecule has 30 heavy (non-hydrogen) atoms. The molecule has 0 bridgehead atoms. The van der Waals surface area contributed by atoms with Crippen LogP contribution in [0.5, 0.6) is 0 Å². The van der Waals surface area contributed by atoms with Gasteiger partial charge in [0.25, 0.3) is 0 Å². The summed E-state index contributed by atoms with van der Waals surface area (Å²) in [7, 11) is 0. The summed E-state index contributed by atoms with van der Waals surface area (Å²) >= 11 is 0. The largest absolute Gasteiger partial charge is 0.377 e. The Labute approximate surface area is 199 Å². The molecule has 2 N–H and O–H groups in total. The zero-order valence-corrected chi connectivity index (χ0v) is 21.3. The molecule has 1 saturated carbocycles. The number of guanidine groups is 1. The van der Waals surface area contributed by atoms with Crippen molar-refractivity contribution < 1.29 is 4.74 Å². The first-order valence-electron chi connectivity index (χ1n) is 11.5. The van der Waals surface area contributed by atoms with Crippen molar-refractivity contribution in [1.29, 1.82) is 0 Å². The van der Waals surface area contributed by atoms with Crippen LogP contribution >= 0.6 is 24.0 Å². The minimum absolute atomic E-state index is 0. The molecule has 2 aliphatic heterocycles.